The highest BCUT2D eigenvalue weighted by atomic mass is 19.1. The summed E-state index contributed by atoms with van der Waals surface area (Å²) in [5, 5.41) is 3.36. The van der Waals surface area contributed by atoms with Crippen molar-refractivity contribution in [2.75, 3.05) is 32.1 Å². The van der Waals surface area contributed by atoms with Crippen LogP contribution in [0.2, 0.25) is 0 Å². The van der Waals surface area contributed by atoms with E-state index < -0.39 is 17.8 Å². The monoisotopic (exact) mass is 469 g/mol. The van der Waals surface area contributed by atoms with Gasteiger partial charge in [0.05, 0.1) is 32.1 Å². The summed E-state index contributed by atoms with van der Waals surface area (Å²) in [6.45, 7) is 3.49. The summed E-state index contributed by atoms with van der Waals surface area (Å²) >= 11 is 0. The SMILES string of the molecule is CCOC(=O)C[C@@H](c1ccc(OC)c(F)c1)N1CC(CCCc2ccc3c(n2)NCCC3)C1=O. The Morgan fingerprint density at radius 2 is 2.18 bits per heavy atom. The molecule has 3 heterocycles. The average Bonchev–Trinajstić information content (AvgIpc) is 2.84. The van der Waals surface area contributed by atoms with Crippen LogP contribution in [0.1, 0.15) is 55.5 Å². The number of pyridine rings is 1. The number of halogens is 1. The number of hydrogen-bond acceptors (Lipinski definition) is 6. The lowest BCUT2D eigenvalue weighted by molar-refractivity contribution is -0.155. The first-order valence-electron chi connectivity index (χ1n) is 12.0. The fraction of sp³-hybridized carbons (Fsp3) is 0.500. The zero-order valence-corrected chi connectivity index (χ0v) is 19.8. The van der Waals surface area contributed by atoms with E-state index in [0.717, 1.165) is 50.2 Å². The summed E-state index contributed by atoms with van der Waals surface area (Å²) in [5.74, 6) is 0.0761. The van der Waals surface area contributed by atoms with Gasteiger partial charge in [0.1, 0.15) is 5.82 Å². The molecule has 1 aromatic heterocycles. The van der Waals surface area contributed by atoms with Gasteiger partial charge in [-0.1, -0.05) is 12.1 Å². The third kappa shape index (κ3) is 5.32. The van der Waals surface area contributed by atoms with Crippen LogP contribution in [-0.2, 0) is 27.2 Å². The van der Waals surface area contributed by atoms with Gasteiger partial charge in [-0.2, -0.15) is 0 Å². The second-order valence-corrected chi connectivity index (χ2v) is 8.84. The van der Waals surface area contributed by atoms with Crippen LogP contribution in [0.25, 0.3) is 0 Å². The zero-order valence-electron chi connectivity index (χ0n) is 19.8. The number of nitrogens with zero attached hydrogens (tertiary/aromatic N) is 2. The standard InChI is InChI=1S/C26H32FN3O4/c1-3-34-24(31)15-22(18-10-12-23(33-2)21(27)14-18)30-16-19(26(30)32)6-4-8-20-11-9-17-7-5-13-28-25(17)29-20/h9-12,14,19,22H,3-8,13,15-16H2,1-2H3,(H,28,29)/t19?,22-/m0/s1. The molecule has 2 aliphatic heterocycles. The van der Waals surface area contributed by atoms with Gasteiger partial charge < -0.3 is 19.7 Å². The van der Waals surface area contributed by atoms with Crippen molar-refractivity contribution in [1.29, 1.82) is 0 Å². The van der Waals surface area contributed by atoms with Crippen LogP contribution in [0.5, 0.6) is 5.75 Å². The Hall–Kier alpha value is -3.16. The number of carbonyl (C=O) groups is 2. The Morgan fingerprint density at radius 3 is 2.91 bits per heavy atom. The molecule has 1 fully saturated rings. The number of ether oxygens (including phenoxy) is 2. The van der Waals surface area contributed by atoms with E-state index in [1.807, 2.05) is 0 Å². The lowest BCUT2D eigenvalue weighted by Gasteiger charge is -2.44. The third-order valence-electron chi connectivity index (χ3n) is 6.59. The van der Waals surface area contributed by atoms with Gasteiger partial charge in [0.15, 0.2) is 11.6 Å². The molecule has 1 saturated heterocycles. The Labute approximate surface area is 199 Å². The highest BCUT2D eigenvalue weighted by Crippen LogP contribution is 2.36. The van der Waals surface area contributed by atoms with Crippen LogP contribution in [-0.4, -0.2) is 48.6 Å². The number of β-lactam (4-membered cyclic amide) rings is 1. The first-order valence-corrected chi connectivity index (χ1v) is 12.0. The zero-order chi connectivity index (χ0) is 24.1. The number of esters is 1. The number of benzene rings is 1. The molecular weight excluding hydrogens is 437 g/mol. The first-order chi connectivity index (χ1) is 16.5. The lowest BCUT2D eigenvalue weighted by atomic mass is 9.88. The molecule has 0 aliphatic carbocycles. The van der Waals surface area contributed by atoms with Gasteiger partial charge in [0, 0.05) is 18.8 Å². The van der Waals surface area contributed by atoms with E-state index in [4.69, 9.17) is 14.5 Å². The predicted molar refractivity (Wildman–Crippen MR) is 126 cm³/mol. The number of rotatable bonds is 10. The molecule has 182 valence electrons. The first kappa shape index (κ1) is 24.0. The highest BCUT2D eigenvalue weighted by Gasteiger charge is 2.41. The minimum absolute atomic E-state index is 0.00871. The summed E-state index contributed by atoms with van der Waals surface area (Å²) in [6.07, 6.45) is 4.61. The Bertz CT molecular complexity index is 1040. The van der Waals surface area contributed by atoms with Gasteiger partial charge in [-0.25, -0.2) is 9.37 Å². The molecular formula is C26H32FN3O4. The molecule has 1 amide bonds. The molecule has 0 saturated carbocycles. The third-order valence-corrected chi connectivity index (χ3v) is 6.59. The van der Waals surface area contributed by atoms with Crippen molar-refractivity contribution in [3.05, 3.63) is 53.0 Å². The van der Waals surface area contributed by atoms with E-state index in [0.29, 0.717) is 12.1 Å². The molecule has 34 heavy (non-hydrogen) atoms. The second-order valence-electron chi connectivity index (χ2n) is 8.84. The number of carbonyl (C=O) groups excluding carboxylic acids is 2. The molecule has 1 unspecified atom stereocenters. The molecule has 2 aliphatic rings. The average molecular weight is 470 g/mol. The largest absolute Gasteiger partial charge is 0.494 e. The van der Waals surface area contributed by atoms with Gasteiger partial charge in [0.25, 0.3) is 0 Å². The lowest BCUT2D eigenvalue weighted by Crippen LogP contribution is -2.54. The quantitative estimate of drug-likeness (QED) is 0.418. The molecule has 7 nitrogen and oxygen atoms in total. The molecule has 4 rings (SSSR count). The maximum atomic E-state index is 14.3. The van der Waals surface area contributed by atoms with Crippen molar-refractivity contribution in [3.8, 4) is 5.75 Å². The predicted octanol–water partition coefficient (Wildman–Crippen LogP) is 4.06. The van der Waals surface area contributed by atoms with Gasteiger partial charge in [-0.05, 0) is 68.4 Å². The van der Waals surface area contributed by atoms with Crippen molar-refractivity contribution in [2.24, 2.45) is 5.92 Å². The van der Waals surface area contributed by atoms with E-state index in [2.05, 4.69) is 17.4 Å². The number of nitrogens with one attached hydrogen (secondary N) is 1. The fourth-order valence-electron chi connectivity index (χ4n) is 4.74. The molecule has 8 heteroatoms. The van der Waals surface area contributed by atoms with Gasteiger partial charge >= 0.3 is 5.97 Å². The summed E-state index contributed by atoms with van der Waals surface area (Å²) in [7, 11) is 1.40. The number of likely N-dealkylation sites (tertiary alicyclic amines) is 1. The van der Waals surface area contributed by atoms with Crippen molar-refractivity contribution in [1.82, 2.24) is 9.88 Å². The molecule has 0 spiro atoms. The number of hydrogen-bond donors (Lipinski definition) is 1. The van der Waals surface area contributed by atoms with Crippen LogP contribution < -0.4 is 10.1 Å². The number of anilines is 1. The van der Waals surface area contributed by atoms with Crippen molar-refractivity contribution in [2.45, 2.75) is 51.5 Å². The fourth-order valence-corrected chi connectivity index (χ4v) is 4.74. The number of amides is 1. The highest BCUT2D eigenvalue weighted by molar-refractivity contribution is 5.85. The normalized spacial score (nSPS) is 17.9. The van der Waals surface area contributed by atoms with Crippen molar-refractivity contribution < 1.29 is 23.5 Å². The van der Waals surface area contributed by atoms with Crippen LogP contribution in [0, 0.1) is 11.7 Å². The summed E-state index contributed by atoms with van der Waals surface area (Å²) in [5.41, 5.74) is 2.86. The summed E-state index contributed by atoms with van der Waals surface area (Å²) < 4.78 is 24.4. The van der Waals surface area contributed by atoms with Crippen LogP contribution in [0.4, 0.5) is 10.2 Å². The van der Waals surface area contributed by atoms with E-state index >= 15 is 0 Å². The molecule has 0 bridgehead atoms. The number of aryl methyl sites for hydroxylation is 2. The van der Waals surface area contributed by atoms with Gasteiger partial charge in [0.2, 0.25) is 5.91 Å². The topological polar surface area (TPSA) is 80.8 Å². The van der Waals surface area contributed by atoms with Crippen LogP contribution in [0.15, 0.2) is 30.3 Å². The van der Waals surface area contributed by atoms with Crippen molar-refractivity contribution in [3.63, 3.8) is 0 Å². The summed E-state index contributed by atoms with van der Waals surface area (Å²) in [6, 6.07) is 8.21. The maximum Gasteiger partial charge on any atom is 0.308 e. The second kappa shape index (κ2) is 10.8. The van der Waals surface area contributed by atoms with E-state index in [1.165, 1.54) is 24.8 Å². The molecule has 1 aromatic carbocycles. The van der Waals surface area contributed by atoms with Crippen LogP contribution in [0.3, 0.4) is 0 Å². The number of aromatic nitrogens is 1. The van der Waals surface area contributed by atoms with Crippen molar-refractivity contribution >= 4 is 17.7 Å². The van der Waals surface area contributed by atoms with Gasteiger partial charge in [-0.3, -0.25) is 9.59 Å². The Balaban J connectivity index is 1.36. The maximum absolute atomic E-state index is 14.3. The molecule has 2 aromatic rings. The molecule has 1 N–H and O–H groups in total. The van der Waals surface area contributed by atoms with E-state index in [1.54, 1.807) is 17.9 Å². The Kier molecular flexibility index (Phi) is 7.65. The minimum Gasteiger partial charge on any atom is -0.494 e. The number of methoxy groups -OCH3 is 1. The minimum atomic E-state index is -0.559. The smallest absolute Gasteiger partial charge is 0.308 e. The Morgan fingerprint density at radius 1 is 1.32 bits per heavy atom. The number of fused-ring (bicyclic) bond motifs is 1. The van der Waals surface area contributed by atoms with Gasteiger partial charge in [-0.15, -0.1) is 0 Å². The summed E-state index contributed by atoms with van der Waals surface area (Å²) in [4.78, 5) is 31.6. The molecule has 0 radical (unpaired) electrons. The van der Waals surface area contributed by atoms with Crippen LogP contribution >= 0.6 is 0 Å². The molecule has 2 atom stereocenters. The van der Waals surface area contributed by atoms with E-state index in [9.17, 15) is 14.0 Å². The van der Waals surface area contributed by atoms with E-state index in [-0.39, 0.29) is 30.6 Å².